The molecule has 1 N–H and O–H groups in total. The summed E-state index contributed by atoms with van der Waals surface area (Å²) in [7, 11) is 0. The largest absolute Gasteiger partial charge is 0.371 e. The number of hydrogen-bond donors (Lipinski definition) is 1. The van der Waals surface area contributed by atoms with Gasteiger partial charge in [-0.3, -0.25) is 24.3 Å². The Morgan fingerprint density at radius 1 is 1.06 bits per heavy atom. The number of halogens is 1. The van der Waals surface area contributed by atoms with Crippen molar-refractivity contribution in [1.29, 1.82) is 0 Å². The molecule has 33 heavy (non-hydrogen) atoms. The Balaban J connectivity index is 1.28. The van der Waals surface area contributed by atoms with Gasteiger partial charge in [0.15, 0.2) is 0 Å². The van der Waals surface area contributed by atoms with Gasteiger partial charge in [0.2, 0.25) is 0 Å². The van der Waals surface area contributed by atoms with Crippen LogP contribution in [-0.4, -0.2) is 47.2 Å². The van der Waals surface area contributed by atoms with Crippen LogP contribution in [0, 0.1) is 5.92 Å². The Bertz CT molecular complexity index is 1220. The summed E-state index contributed by atoms with van der Waals surface area (Å²) in [5, 5.41) is 2.77. The Kier molecular flexibility index (Phi) is 5.86. The molecule has 0 spiro atoms. The molecule has 2 aliphatic heterocycles. The highest BCUT2D eigenvalue weighted by Gasteiger charge is 2.39. The minimum atomic E-state index is -0.359. The third-order valence-electron chi connectivity index (χ3n) is 6.13. The fourth-order valence-electron chi connectivity index (χ4n) is 4.41. The number of anilines is 2. The normalized spacial score (nSPS) is 16.3. The Labute approximate surface area is 200 Å². The number of hydrogen-bond acceptors (Lipinski definition) is 6. The van der Waals surface area contributed by atoms with Gasteiger partial charge in [0.1, 0.15) is 0 Å². The van der Waals surface area contributed by atoms with Crippen molar-refractivity contribution in [2.24, 2.45) is 5.92 Å². The smallest absolute Gasteiger partial charge is 0.265 e. The first-order chi connectivity index (χ1) is 16.0. The molecule has 168 valence electrons. The predicted molar refractivity (Wildman–Crippen MR) is 128 cm³/mol. The van der Waals surface area contributed by atoms with Crippen molar-refractivity contribution in [3.8, 4) is 0 Å². The van der Waals surface area contributed by atoms with Crippen LogP contribution in [0.4, 0.5) is 11.4 Å². The molecule has 9 heteroatoms. The predicted octanol–water partition coefficient (Wildman–Crippen LogP) is 4.56. The topological polar surface area (TPSA) is 82.6 Å². The number of nitrogens with one attached hydrogen (secondary N) is 1. The third-order valence-corrected chi connectivity index (χ3v) is 7.36. The minimum absolute atomic E-state index is 0.233. The van der Waals surface area contributed by atoms with Crippen LogP contribution in [0.5, 0.6) is 0 Å². The molecule has 5 rings (SSSR count). The Morgan fingerprint density at radius 3 is 2.52 bits per heavy atom. The van der Waals surface area contributed by atoms with Crippen molar-refractivity contribution in [2.75, 3.05) is 29.9 Å². The van der Waals surface area contributed by atoms with E-state index >= 15 is 0 Å². The maximum atomic E-state index is 13.2. The average Bonchev–Trinajstić information content (AvgIpc) is 3.38. The number of aromatic nitrogens is 1. The summed E-state index contributed by atoms with van der Waals surface area (Å²) >= 11 is 7.08. The number of benzene rings is 1. The van der Waals surface area contributed by atoms with Gasteiger partial charge >= 0.3 is 0 Å². The lowest BCUT2D eigenvalue weighted by Gasteiger charge is -2.34. The molecular formula is C24H21ClN4O3S. The van der Waals surface area contributed by atoms with Gasteiger partial charge in [-0.1, -0.05) is 17.7 Å². The molecule has 3 amide bonds. The summed E-state index contributed by atoms with van der Waals surface area (Å²) in [4.78, 5) is 47.0. The van der Waals surface area contributed by atoms with E-state index in [-0.39, 0.29) is 29.2 Å². The molecule has 7 nitrogen and oxygen atoms in total. The molecule has 1 fully saturated rings. The number of amides is 3. The molecule has 1 saturated heterocycles. The molecular weight excluding hydrogens is 460 g/mol. The van der Waals surface area contributed by atoms with Crippen LogP contribution in [0.3, 0.4) is 0 Å². The summed E-state index contributed by atoms with van der Waals surface area (Å²) in [6.07, 6.45) is 5.34. The number of imide groups is 1. The highest BCUT2D eigenvalue weighted by atomic mass is 35.5. The summed E-state index contributed by atoms with van der Waals surface area (Å²) in [6, 6.07) is 12.2. The first-order valence-corrected chi connectivity index (χ1v) is 11.9. The third kappa shape index (κ3) is 4.24. The molecule has 0 aliphatic carbocycles. The van der Waals surface area contributed by atoms with E-state index in [1.807, 2.05) is 12.1 Å². The van der Waals surface area contributed by atoms with Gasteiger partial charge in [-0.05, 0) is 55.2 Å². The number of fused-ring (bicyclic) bond motifs is 1. The fraction of sp³-hybridized carbons (Fsp3) is 0.250. The Morgan fingerprint density at radius 2 is 1.82 bits per heavy atom. The standard InChI is InChI=1S/C24H21ClN4O3S/c25-20-5-4-19(33-20)22(30)27-18-3-1-2-17-21(18)24(32)29(23(17)31)14-15-8-12-28(13-9-15)16-6-10-26-11-7-16/h1-7,10-11,15H,8-9,12-14H2,(H,27,30). The number of rotatable bonds is 5. The van der Waals surface area contributed by atoms with Gasteiger partial charge in [-0.2, -0.15) is 0 Å². The van der Waals surface area contributed by atoms with Crippen LogP contribution in [0.2, 0.25) is 4.34 Å². The van der Waals surface area contributed by atoms with Gasteiger partial charge in [0.25, 0.3) is 17.7 Å². The van der Waals surface area contributed by atoms with Crippen LogP contribution in [0.15, 0.2) is 54.9 Å². The van der Waals surface area contributed by atoms with Gasteiger partial charge in [-0.15, -0.1) is 11.3 Å². The van der Waals surface area contributed by atoms with E-state index in [1.54, 1.807) is 42.7 Å². The van der Waals surface area contributed by atoms with Gasteiger partial charge in [-0.25, -0.2) is 0 Å². The number of pyridine rings is 1. The fourth-order valence-corrected chi connectivity index (χ4v) is 5.35. The van der Waals surface area contributed by atoms with E-state index in [2.05, 4.69) is 15.2 Å². The molecule has 0 atom stereocenters. The molecule has 0 saturated carbocycles. The number of thiophene rings is 1. The summed E-state index contributed by atoms with van der Waals surface area (Å²) < 4.78 is 0.505. The van der Waals surface area contributed by atoms with Crippen LogP contribution in [0.1, 0.15) is 43.2 Å². The molecule has 2 aliphatic rings. The second-order valence-corrected chi connectivity index (χ2v) is 9.86. The van der Waals surface area contributed by atoms with Crippen LogP contribution in [-0.2, 0) is 0 Å². The lowest BCUT2D eigenvalue weighted by atomic mass is 9.96. The van der Waals surface area contributed by atoms with Gasteiger partial charge in [0, 0.05) is 37.7 Å². The number of carbonyl (C=O) groups excluding carboxylic acids is 3. The second kappa shape index (κ2) is 8.96. The van der Waals surface area contributed by atoms with Crippen molar-refractivity contribution in [3.05, 3.63) is 75.2 Å². The Hall–Kier alpha value is -3.23. The number of carbonyl (C=O) groups is 3. The summed E-state index contributed by atoms with van der Waals surface area (Å²) in [5.41, 5.74) is 2.07. The van der Waals surface area contributed by atoms with Crippen LogP contribution in [0.25, 0.3) is 0 Å². The van der Waals surface area contributed by atoms with E-state index in [0.717, 1.165) is 43.0 Å². The van der Waals surface area contributed by atoms with E-state index in [9.17, 15) is 14.4 Å². The molecule has 0 bridgehead atoms. The monoisotopic (exact) mass is 480 g/mol. The molecule has 4 heterocycles. The molecule has 2 aromatic heterocycles. The number of nitrogens with zero attached hydrogens (tertiary/aromatic N) is 3. The summed E-state index contributed by atoms with van der Waals surface area (Å²) in [5.74, 6) is -0.785. The highest BCUT2D eigenvalue weighted by molar-refractivity contribution is 7.18. The lowest BCUT2D eigenvalue weighted by Crippen LogP contribution is -2.40. The highest BCUT2D eigenvalue weighted by Crippen LogP contribution is 2.32. The van der Waals surface area contributed by atoms with E-state index < -0.39 is 0 Å². The van der Waals surface area contributed by atoms with Crippen molar-refractivity contribution >= 4 is 52.0 Å². The quantitative estimate of drug-likeness (QED) is 0.541. The molecule has 1 aromatic carbocycles. The zero-order chi connectivity index (χ0) is 22.9. The first kappa shape index (κ1) is 21.6. The summed E-state index contributed by atoms with van der Waals surface area (Å²) in [6.45, 7) is 2.11. The van der Waals surface area contributed by atoms with E-state index in [0.29, 0.717) is 27.0 Å². The zero-order valence-corrected chi connectivity index (χ0v) is 19.2. The van der Waals surface area contributed by atoms with Crippen LogP contribution < -0.4 is 10.2 Å². The number of piperidine rings is 1. The second-order valence-electron chi connectivity index (χ2n) is 8.14. The SMILES string of the molecule is O=C(Nc1cccc2c1C(=O)N(CC1CCN(c3ccncc3)CC1)C2=O)c1ccc(Cl)s1. The van der Waals surface area contributed by atoms with Crippen molar-refractivity contribution in [3.63, 3.8) is 0 Å². The molecule has 0 unspecified atom stereocenters. The molecule has 0 radical (unpaired) electrons. The van der Waals surface area contributed by atoms with Gasteiger partial charge in [0.05, 0.1) is 26.0 Å². The van der Waals surface area contributed by atoms with Crippen molar-refractivity contribution in [1.82, 2.24) is 9.88 Å². The first-order valence-electron chi connectivity index (χ1n) is 10.7. The van der Waals surface area contributed by atoms with Crippen molar-refractivity contribution in [2.45, 2.75) is 12.8 Å². The zero-order valence-electron chi connectivity index (χ0n) is 17.7. The van der Waals surface area contributed by atoms with Crippen LogP contribution >= 0.6 is 22.9 Å². The molecule has 3 aromatic rings. The maximum absolute atomic E-state index is 13.2. The average molecular weight is 481 g/mol. The van der Waals surface area contributed by atoms with Crippen molar-refractivity contribution < 1.29 is 14.4 Å². The lowest BCUT2D eigenvalue weighted by molar-refractivity contribution is 0.0621. The van der Waals surface area contributed by atoms with Gasteiger partial charge < -0.3 is 10.2 Å². The minimum Gasteiger partial charge on any atom is -0.371 e. The maximum Gasteiger partial charge on any atom is 0.265 e. The van der Waals surface area contributed by atoms with E-state index in [1.165, 1.54) is 4.90 Å². The van der Waals surface area contributed by atoms with E-state index in [4.69, 9.17) is 11.6 Å².